The molecular formula is C13H23N3O2. The molecule has 0 spiro atoms. The molecular weight excluding hydrogens is 230 g/mol. The Balaban J connectivity index is 1.90. The fourth-order valence-electron chi connectivity index (χ4n) is 2.86. The third-order valence-corrected chi connectivity index (χ3v) is 3.75. The summed E-state index contributed by atoms with van der Waals surface area (Å²) in [5, 5.41) is 3.36. The number of likely N-dealkylation sites (tertiary alicyclic amines) is 2. The highest BCUT2D eigenvalue weighted by molar-refractivity contribution is 6.05. The average molecular weight is 253 g/mol. The molecule has 102 valence electrons. The molecule has 2 heterocycles. The van der Waals surface area contributed by atoms with Crippen LogP contribution in [0.25, 0.3) is 0 Å². The third kappa shape index (κ3) is 2.90. The Morgan fingerprint density at radius 2 is 2.17 bits per heavy atom. The lowest BCUT2D eigenvalue weighted by molar-refractivity contribution is -0.138. The number of carbonyl (C=O) groups is 2. The Bertz CT molecular complexity index is 332. The molecule has 2 aliphatic rings. The van der Waals surface area contributed by atoms with Gasteiger partial charge in [0.05, 0.1) is 12.5 Å². The van der Waals surface area contributed by atoms with Crippen LogP contribution in [0.1, 0.15) is 32.6 Å². The van der Waals surface area contributed by atoms with Gasteiger partial charge in [0.1, 0.15) is 0 Å². The van der Waals surface area contributed by atoms with Crippen molar-refractivity contribution in [1.82, 2.24) is 15.1 Å². The van der Waals surface area contributed by atoms with E-state index in [4.69, 9.17) is 0 Å². The van der Waals surface area contributed by atoms with Crippen LogP contribution in [0.2, 0.25) is 0 Å². The normalized spacial score (nSPS) is 30.2. The first-order valence-corrected chi connectivity index (χ1v) is 6.90. The van der Waals surface area contributed by atoms with E-state index < -0.39 is 0 Å². The monoisotopic (exact) mass is 253 g/mol. The lowest BCUT2D eigenvalue weighted by Gasteiger charge is -2.31. The molecule has 0 radical (unpaired) electrons. The number of hydrogen-bond acceptors (Lipinski definition) is 4. The van der Waals surface area contributed by atoms with E-state index >= 15 is 0 Å². The number of likely N-dealkylation sites (N-methyl/N-ethyl adjacent to an activating group) is 1. The van der Waals surface area contributed by atoms with Gasteiger partial charge in [0.2, 0.25) is 11.8 Å². The maximum Gasteiger partial charge on any atom is 0.246 e. The molecule has 0 aromatic rings. The Labute approximate surface area is 108 Å². The zero-order chi connectivity index (χ0) is 13.1. The van der Waals surface area contributed by atoms with Crippen LogP contribution in [0.3, 0.4) is 0 Å². The topological polar surface area (TPSA) is 52.7 Å². The van der Waals surface area contributed by atoms with E-state index in [1.54, 1.807) is 0 Å². The molecule has 2 atom stereocenters. The fraction of sp³-hybridized carbons (Fsp3) is 0.846. The van der Waals surface area contributed by atoms with Crippen molar-refractivity contribution in [3.63, 3.8) is 0 Å². The minimum atomic E-state index is -0.291. The average Bonchev–Trinajstić information content (AvgIpc) is 2.57. The van der Waals surface area contributed by atoms with Crippen molar-refractivity contribution in [2.24, 2.45) is 0 Å². The molecule has 2 rings (SSSR count). The lowest BCUT2D eigenvalue weighted by Crippen LogP contribution is -2.50. The highest BCUT2D eigenvalue weighted by atomic mass is 16.2. The molecule has 0 aromatic heterocycles. The first-order chi connectivity index (χ1) is 8.61. The molecule has 2 aliphatic heterocycles. The highest BCUT2D eigenvalue weighted by Gasteiger charge is 2.39. The summed E-state index contributed by atoms with van der Waals surface area (Å²) >= 11 is 0. The van der Waals surface area contributed by atoms with E-state index in [1.807, 2.05) is 6.92 Å². The van der Waals surface area contributed by atoms with Crippen molar-refractivity contribution in [3.05, 3.63) is 0 Å². The number of hydrogen-bond donors (Lipinski definition) is 1. The first-order valence-electron chi connectivity index (χ1n) is 6.90. The van der Waals surface area contributed by atoms with Gasteiger partial charge < -0.3 is 10.2 Å². The predicted molar refractivity (Wildman–Crippen MR) is 69.1 cm³/mol. The summed E-state index contributed by atoms with van der Waals surface area (Å²) in [5.74, 6) is -0.0569. The van der Waals surface area contributed by atoms with E-state index in [0.717, 1.165) is 32.4 Å². The Morgan fingerprint density at radius 1 is 1.39 bits per heavy atom. The van der Waals surface area contributed by atoms with Crippen LogP contribution in [0.15, 0.2) is 0 Å². The second-order valence-corrected chi connectivity index (χ2v) is 5.41. The van der Waals surface area contributed by atoms with Crippen molar-refractivity contribution in [2.45, 2.75) is 44.7 Å². The molecule has 0 saturated carbocycles. The van der Waals surface area contributed by atoms with Crippen molar-refractivity contribution in [1.29, 1.82) is 0 Å². The van der Waals surface area contributed by atoms with Gasteiger partial charge in [0.25, 0.3) is 0 Å². The van der Waals surface area contributed by atoms with Crippen LogP contribution < -0.4 is 5.32 Å². The van der Waals surface area contributed by atoms with Gasteiger partial charge in [-0.3, -0.25) is 14.5 Å². The molecule has 0 bridgehead atoms. The largest absolute Gasteiger partial charge is 0.305 e. The number of nitrogens with zero attached hydrogens (tertiary/aromatic N) is 2. The van der Waals surface area contributed by atoms with Gasteiger partial charge in [-0.15, -0.1) is 0 Å². The molecule has 2 fully saturated rings. The summed E-state index contributed by atoms with van der Waals surface area (Å²) in [7, 11) is 2.10. The maximum atomic E-state index is 12.1. The van der Waals surface area contributed by atoms with Gasteiger partial charge in [0.15, 0.2) is 0 Å². The van der Waals surface area contributed by atoms with Gasteiger partial charge in [0, 0.05) is 19.1 Å². The number of rotatable bonds is 4. The zero-order valence-corrected chi connectivity index (χ0v) is 11.3. The third-order valence-electron chi connectivity index (χ3n) is 3.75. The Morgan fingerprint density at radius 3 is 2.83 bits per heavy atom. The molecule has 2 unspecified atom stereocenters. The standard InChI is InChI=1S/C13H23N3O2/c1-3-6-16-12(17)8-11(13(16)18)14-10-5-4-7-15(2)9-10/h10-11,14H,3-9H2,1-2H3. The van der Waals surface area contributed by atoms with E-state index in [2.05, 4.69) is 17.3 Å². The summed E-state index contributed by atoms with van der Waals surface area (Å²) in [6, 6.07) is 0.0487. The summed E-state index contributed by atoms with van der Waals surface area (Å²) < 4.78 is 0. The molecule has 5 heteroatoms. The number of carbonyl (C=O) groups excluding carboxylic acids is 2. The summed E-state index contributed by atoms with van der Waals surface area (Å²) in [5.41, 5.74) is 0. The van der Waals surface area contributed by atoms with Gasteiger partial charge >= 0.3 is 0 Å². The van der Waals surface area contributed by atoms with Gasteiger partial charge in [-0.25, -0.2) is 0 Å². The Hall–Kier alpha value is -0.940. The van der Waals surface area contributed by atoms with Crippen LogP contribution in [-0.2, 0) is 9.59 Å². The number of amides is 2. The molecule has 2 saturated heterocycles. The quantitative estimate of drug-likeness (QED) is 0.728. The van der Waals surface area contributed by atoms with Crippen LogP contribution in [0.5, 0.6) is 0 Å². The molecule has 2 amide bonds. The van der Waals surface area contributed by atoms with Crippen molar-refractivity contribution < 1.29 is 9.59 Å². The highest BCUT2D eigenvalue weighted by Crippen LogP contribution is 2.16. The molecule has 5 nitrogen and oxygen atoms in total. The van der Waals surface area contributed by atoms with E-state index in [9.17, 15) is 9.59 Å². The fourth-order valence-corrected chi connectivity index (χ4v) is 2.86. The van der Waals surface area contributed by atoms with Gasteiger partial charge in [-0.05, 0) is 32.9 Å². The number of imide groups is 1. The minimum Gasteiger partial charge on any atom is -0.305 e. The van der Waals surface area contributed by atoms with E-state index in [-0.39, 0.29) is 17.9 Å². The predicted octanol–water partition coefficient (Wildman–Crippen LogP) is 0.208. The minimum absolute atomic E-state index is 0.0245. The van der Waals surface area contributed by atoms with Crippen LogP contribution in [0.4, 0.5) is 0 Å². The first kappa shape index (κ1) is 13.5. The van der Waals surface area contributed by atoms with Crippen molar-refractivity contribution in [2.75, 3.05) is 26.7 Å². The number of piperidine rings is 1. The SMILES string of the molecule is CCCN1C(=O)CC(NC2CCCN(C)C2)C1=O. The summed E-state index contributed by atoms with van der Waals surface area (Å²) in [6.45, 7) is 4.63. The molecule has 18 heavy (non-hydrogen) atoms. The van der Waals surface area contributed by atoms with Crippen LogP contribution in [-0.4, -0.2) is 60.4 Å². The lowest BCUT2D eigenvalue weighted by atomic mass is 10.0. The molecule has 0 aliphatic carbocycles. The second-order valence-electron chi connectivity index (χ2n) is 5.41. The Kier molecular flexibility index (Phi) is 4.35. The molecule has 0 aromatic carbocycles. The van der Waals surface area contributed by atoms with Crippen LogP contribution >= 0.6 is 0 Å². The maximum absolute atomic E-state index is 12.1. The zero-order valence-electron chi connectivity index (χ0n) is 11.3. The van der Waals surface area contributed by atoms with E-state index in [0.29, 0.717) is 19.0 Å². The summed E-state index contributed by atoms with van der Waals surface area (Å²) in [6.07, 6.45) is 3.41. The number of nitrogens with one attached hydrogen (secondary N) is 1. The summed E-state index contributed by atoms with van der Waals surface area (Å²) in [4.78, 5) is 27.5. The van der Waals surface area contributed by atoms with Crippen molar-refractivity contribution >= 4 is 11.8 Å². The van der Waals surface area contributed by atoms with Crippen molar-refractivity contribution in [3.8, 4) is 0 Å². The smallest absolute Gasteiger partial charge is 0.246 e. The van der Waals surface area contributed by atoms with E-state index in [1.165, 1.54) is 4.90 Å². The molecule has 1 N–H and O–H groups in total. The van der Waals surface area contributed by atoms with Gasteiger partial charge in [-0.2, -0.15) is 0 Å². The second kappa shape index (κ2) is 5.80. The van der Waals surface area contributed by atoms with Crippen LogP contribution in [0, 0.1) is 0 Å². The van der Waals surface area contributed by atoms with Gasteiger partial charge in [-0.1, -0.05) is 6.92 Å².